The third-order valence-electron chi connectivity index (χ3n) is 9.83. The number of benzene rings is 2. The van der Waals surface area contributed by atoms with Crippen molar-refractivity contribution in [2.45, 2.75) is 101 Å². The molecule has 0 spiro atoms. The van der Waals surface area contributed by atoms with E-state index in [1.165, 1.54) is 28.4 Å². The van der Waals surface area contributed by atoms with Crippen LogP contribution < -0.4 is 10.6 Å². The fourth-order valence-corrected chi connectivity index (χ4v) is 9.67. The number of amides is 3. The fourth-order valence-electron chi connectivity index (χ4n) is 7.31. The number of alkyl carbamates (subject to hydrolysis) is 1. The zero-order chi connectivity index (χ0) is 37.8. The average Bonchev–Trinajstić information content (AvgIpc) is 3.95. The molecule has 1 aliphatic carbocycles. The van der Waals surface area contributed by atoms with Gasteiger partial charge in [0.05, 0.1) is 12.4 Å². The summed E-state index contributed by atoms with van der Waals surface area (Å²) in [4.78, 5) is 41.6. The highest BCUT2D eigenvalue weighted by Crippen LogP contribution is 2.38. The number of carbonyl (C=O) groups is 3. The summed E-state index contributed by atoms with van der Waals surface area (Å²) in [6.07, 6.45) is 1.30. The van der Waals surface area contributed by atoms with Gasteiger partial charge in [0.1, 0.15) is 17.5 Å². The number of piperazine rings is 1. The molecule has 12 nitrogen and oxygen atoms in total. The van der Waals surface area contributed by atoms with Gasteiger partial charge in [0, 0.05) is 60.6 Å². The Morgan fingerprint density at radius 2 is 1.71 bits per heavy atom. The highest BCUT2D eigenvalue weighted by Gasteiger charge is 2.48. The summed E-state index contributed by atoms with van der Waals surface area (Å²) in [5, 5.41) is 5.65. The summed E-state index contributed by atoms with van der Waals surface area (Å²) >= 11 is 6.20. The second-order valence-electron chi connectivity index (χ2n) is 14.9. The highest BCUT2D eigenvalue weighted by molar-refractivity contribution is 7.90. The monoisotopic (exact) mass is 764 g/mol. The standard InChI is InChI=1S/C37H50ClFN4O8S/c1-23-21-42(36(46)51-37(2,3)4)22-27(43(23)52(47,48)28-14-15-28)13-16-29-30(39)7-6-8-31(29)40-34(44)33(41-35(45)49-5)32(25-17-19-50-20-18-25)24-9-11-26(38)12-10-24/h6-12,23,25,27-28,32-33H,13-22H2,1-5H3,(H,40,44)(H,41,45)/t23-,27-,32-,33?/m0/s1. The Morgan fingerprint density at radius 3 is 2.33 bits per heavy atom. The topological polar surface area (TPSA) is 144 Å². The molecule has 1 saturated carbocycles. The number of nitrogens with zero attached hydrogens (tertiary/aromatic N) is 2. The van der Waals surface area contributed by atoms with Crippen molar-refractivity contribution in [1.82, 2.24) is 14.5 Å². The van der Waals surface area contributed by atoms with Gasteiger partial charge >= 0.3 is 12.2 Å². The van der Waals surface area contributed by atoms with E-state index in [1.54, 1.807) is 45.9 Å². The van der Waals surface area contributed by atoms with Crippen LogP contribution in [-0.4, -0.2) is 98.1 Å². The molecule has 0 aromatic heterocycles. The van der Waals surface area contributed by atoms with Gasteiger partial charge in [0.25, 0.3) is 0 Å². The lowest BCUT2D eigenvalue weighted by atomic mass is 9.76. The average molecular weight is 765 g/mol. The second kappa shape index (κ2) is 16.7. The largest absolute Gasteiger partial charge is 0.453 e. The Hall–Kier alpha value is -3.46. The van der Waals surface area contributed by atoms with Crippen molar-refractivity contribution in [3.05, 3.63) is 64.4 Å². The van der Waals surface area contributed by atoms with Crippen LogP contribution in [0.2, 0.25) is 5.02 Å². The van der Waals surface area contributed by atoms with E-state index < -0.39 is 68.8 Å². The maximum atomic E-state index is 15.7. The summed E-state index contributed by atoms with van der Waals surface area (Å²) in [5.74, 6) is -1.71. The molecule has 3 amide bonds. The van der Waals surface area contributed by atoms with Crippen LogP contribution in [0.1, 0.15) is 76.8 Å². The number of ether oxygens (including phenoxy) is 3. The first-order chi connectivity index (χ1) is 24.6. The molecular weight excluding hydrogens is 715 g/mol. The van der Waals surface area contributed by atoms with Crippen LogP contribution in [0, 0.1) is 11.7 Å². The summed E-state index contributed by atoms with van der Waals surface area (Å²) in [6, 6.07) is 9.11. The molecule has 3 aliphatic rings. The van der Waals surface area contributed by atoms with Gasteiger partial charge < -0.3 is 29.7 Å². The molecule has 5 rings (SSSR count). The second-order valence-corrected chi connectivity index (χ2v) is 17.5. The number of nitrogens with one attached hydrogen (secondary N) is 2. The molecule has 2 saturated heterocycles. The van der Waals surface area contributed by atoms with E-state index >= 15 is 4.39 Å². The number of rotatable bonds is 11. The zero-order valence-corrected chi connectivity index (χ0v) is 32.0. The molecule has 52 heavy (non-hydrogen) atoms. The molecule has 4 atom stereocenters. The van der Waals surface area contributed by atoms with Crippen molar-refractivity contribution in [2.24, 2.45) is 5.92 Å². The van der Waals surface area contributed by atoms with Crippen molar-refractivity contribution in [3.63, 3.8) is 0 Å². The van der Waals surface area contributed by atoms with Gasteiger partial charge in [-0.1, -0.05) is 29.8 Å². The number of anilines is 1. The van der Waals surface area contributed by atoms with Crippen molar-refractivity contribution in [3.8, 4) is 0 Å². The van der Waals surface area contributed by atoms with Crippen LogP contribution in [0.25, 0.3) is 0 Å². The van der Waals surface area contributed by atoms with E-state index in [1.807, 2.05) is 12.1 Å². The van der Waals surface area contributed by atoms with E-state index in [9.17, 15) is 22.8 Å². The lowest BCUT2D eigenvalue weighted by molar-refractivity contribution is -0.119. The molecule has 2 aliphatic heterocycles. The zero-order valence-electron chi connectivity index (χ0n) is 30.4. The maximum Gasteiger partial charge on any atom is 0.410 e. The Balaban J connectivity index is 1.43. The predicted molar refractivity (Wildman–Crippen MR) is 195 cm³/mol. The number of sulfonamides is 1. The normalized spacial score (nSPS) is 21.6. The summed E-state index contributed by atoms with van der Waals surface area (Å²) in [7, 11) is -2.46. The van der Waals surface area contributed by atoms with Crippen LogP contribution in [0.3, 0.4) is 0 Å². The first kappa shape index (κ1) is 39.7. The lowest BCUT2D eigenvalue weighted by Gasteiger charge is -2.45. The molecule has 2 heterocycles. The van der Waals surface area contributed by atoms with Crippen molar-refractivity contribution >= 4 is 45.4 Å². The number of methoxy groups -OCH3 is 1. The number of hydrogen-bond acceptors (Lipinski definition) is 8. The molecule has 2 aromatic rings. The number of halogens is 2. The van der Waals surface area contributed by atoms with E-state index in [-0.39, 0.29) is 43.1 Å². The fraction of sp³-hybridized carbons (Fsp3) is 0.595. The molecular formula is C37H50ClFN4O8S. The Morgan fingerprint density at radius 1 is 1.04 bits per heavy atom. The summed E-state index contributed by atoms with van der Waals surface area (Å²) in [6.45, 7) is 8.28. The summed E-state index contributed by atoms with van der Waals surface area (Å²) < 4.78 is 60.7. The van der Waals surface area contributed by atoms with Crippen molar-refractivity contribution in [1.29, 1.82) is 0 Å². The SMILES string of the molecule is COC(=O)NC(C(=O)Nc1cccc(F)c1CC[C@H]1CN(C(=O)OC(C)(C)C)C[C@H](C)N1S(=O)(=O)C1CC1)[C@@H](c1ccc(Cl)cc1)C1CCOCC1. The molecule has 3 fully saturated rings. The van der Waals surface area contributed by atoms with Crippen LogP contribution in [0.15, 0.2) is 42.5 Å². The van der Waals surface area contributed by atoms with E-state index in [0.29, 0.717) is 43.9 Å². The van der Waals surface area contributed by atoms with Gasteiger partial charge in [-0.3, -0.25) is 4.79 Å². The van der Waals surface area contributed by atoms with Gasteiger partial charge in [0.2, 0.25) is 15.9 Å². The van der Waals surface area contributed by atoms with Crippen molar-refractivity contribution in [2.75, 3.05) is 38.7 Å². The van der Waals surface area contributed by atoms with E-state index in [2.05, 4.69) is 10.6 Å². The molecule has 2 N–H and O–H groups in total. The molecule has 286 valence electrons. The minimum absolute atomic E-state index is 0.0459. The molecule has 0 radical (unpaired) electrons. The van der Waals surface area contributed by atoms with Crippen LogP contribution in [0.4, 0.5) is 19.7 Å². The minimum atomic E-state index is -3.67. The van der Waals surface area contributed by atoms with Gasteiger partial charge in [-0.25, -0.2) is 22.4 Å². The van der Waals surface area contributed by atoms with Gasteiger partial charge in [-0.05, 0) is 102 Å². The predicted octanol–water partition coefficient (Wildman–Crippen LogP) is 6.09. The highest BCUT2D eigenvalue weighted by atomic mass is 35.5. The third kappa shape index (κ3) is 9.74. The van der Waals surface area contributed by atoms with E-state index in [0.717, 1.165) is 5.56 Å². The quantitative estimate of drug-likeness (QED) is 0.280. The van der Waals surface area contributed by atoms with Crippen LogP contribution in [0.5, 0.6) is 0 Å². The number of carbonyl (C=O) groups excluding carboxylic acids is 3. The van der Waals surface area contributed by atoms with Gasteiger partial charge in [0.15, 0.2) is 0 Å². The Labute approximate surface area is 310 Å². The minimum Gasteiger partial charge on any atom is -0.453 e. The molecule has 2 aromatic carbocycles. The molecule has 1 unspecified atom stereocenters. The van der Waals surface area contributed by atoms with E-state index in [4.69, 9.17) is 25.8 Å². The lowest BCUT2D eigenvalue weighted by Crippen LogP contribution is -2.61. The molecule has 0 bridgehead atoms. The van der Waals surface area contributed by atoms with Gasteiger partial charge in [-0.2, -0.15) is 4.31 Å². The molecule has 15 heteroatoms. The van der Waals surface area contributed by atoms with Crippen LogP contribution >= 0.6 is 11.6 Å². The maximum absolute atomic E-state index is 15.7. The Bertz CT molecular complexity index is 1700. The van der Waals surface area contributed by atoms with Crippen LogP contribution in [-0.2, 0) is 35.4 Å². The number of hydrogen-bond donors (Lipinski definition) is 2. The Kier molecular flexibility index (Phi) is 12.8. The first-order valence-electron chi connectivity index (χ1n) is 17.8. The summed E-state index contributed by atoms with van der Waals surface area (Å²) in [5.41, 5.74) is 0.399. The third-order valence-corrected chi connectivity index (χ3v) is 12.6. The van der Waals surface area contributed by atoms with Gasteiger partial charge in [-0.15, -0.1) is 0 Å². The smallest absolute Gasteiger partial charge is 0.410 e. The first-order valence-corrected chi connectivity index (χ1v) is 19.7. The van der Waals surface area contributed by atoms with Crippen molar-refractivity contribution < 1.29 is 41.4 Å².